The molecule has 2 amide bonds. The summed E-state index contributed by atoms with van der Waals surface area (Å²) in [4.78, 5) is 65.3. The van der Waals surface area contributed by atoms with Crippen LogP contribution in [0.2, 0.25) is 0 Å². The summed E-state index contributed by atoms with van der Waals surface area (Å²) in [7, 11) is 1.84. The molecule has 240 valence electrons. The van der Waals surface area contributed by atoms with E-state index in [-0.39, 0.29) is 28.0 Å². The third-order valence-corrected chi connectivity index (χ3v) is 10.1. The summed E-state index contributed by atoms with van der Waals surface area (Å²) in [5.74, 6) is -3.31. The van der Waals surface area contributed by atoms with Gasteiger partial charge in [-0.15, -0.1) is 23.1 Å². The smallest absolute Gasteiger partial charge is 0.362 e. The van der Waals surface area contributed by atoms with Crippen molar-refractivity contribution in [2.24, 2.45) is 12.2 Å². The molecule has 2 atom stereocenters. The zero-order chi connectivity index (χ0) is 33.3. The maximum atomic E-state index is 13.3. The van der Waals surface area contributed by atoms with Gasteiger partial charge in [0.25, 0.3) is 11.8 Å². The number of carbonyl (C=O) groups excluding carboxylic acids is 2. The van der Waals surface area contributed by atoms with Gasteiger partial charge in [0.1, 0.15) is 28.5 Å². The molecule has 46 heavy (non-hydrogen) atoms. The standard InChI is InChI=1S/C28H28N8O7S3/c1-28(2,25(41)42)43-34-18(15-12-45-26(30)31-15)21(37)33-19-22(38)36-20(24(39)40)14(10-44-23(19)36)11-46-27-32-17(29)9-16(35(27)3)13-7-5-4-6-8-13/h4-9,12,19,23,29H,10-11H2,1-3H3,(H5,30,31,33,37,39,40,41,42)/p+1/b34-18-. The van der Waals surface area contributed by atoms with E-state index in [4.69, 9.17) is 16.3 Å². The Morgan fingerprint density at radius 2 is 1.93 bits per heavy atom. The first-order chi connectivity index (χ1) is 21.8. The largest absolute Gasteiger partial charge is 0.478 e. The molecule has 1 saturated heterocycles. The molecule has 15 nitrogen and oxygen atoms in total. The monoisotopic (exact) mass is 685 g/mol. The number of carboxylic acid groups (broad SMARTS) is 2. The first-order valence-electron chi connectivity index (χ1n) is 13.5. The van der Waals surface area contributed by atoms with Crippen LogP contribution in [-0.2, 0) is 31.1 Å². The number of hydrogen-bond acceptors (Lipinski definition) is 13. The van der Waals surface area contributed by atoms with Crippen molar-refractivity contribution in [1.29, 1.82) is 0 Å². The number of nitrogens with two attached hydrogens (primary N) is 2. The van der Waals surface area contributed by atoms with E-state index in [1.807, 2.05) is 41.9 Å². The highest BCUT2D eigenvalue weighted by Gasteiger charge is 2.54. The number of nitrogen functional groups attached to an aromatic ring is 2. The zero-order valence-electron chi connectivity index (χ0n) is 24.7. The zero-order valence-corrected chi connectivity index (χ0v) is 27.1. The van der Waals surface area contributed by atoms with Crippen LogP contribution in [0.5, 0.6) is 0 Å². The normalized spacial score (nSPS) is 18.1. The van der Waals surface area contributed by atoms with Gasteiger partial charge in [-0.3, -0.25) is 14.5 Å². The van der Waals surface area contributed by atoms with E-state index in [9.17, 15) is 29.4 Å². The van der Waals surface area contributed by atoms with E-state index in [0.717, 1.165) is 27.5 Å². The molecule has 2 aromatic heterocycles. The predicted octanol–water partition coefficient (Wildman–Crippen LogP) is 1.31. The average Bonchev–Trinajstić information content (AvgIpc) is 3.45. The van der Waals surface area contributed by atoms with Gasteiger partial charge in [-0.25, -0.2) is 19.1 Å². The summed E-state index contributed by atoms with van der Waals surface area (Å²) in [5, 5.41) is 27.2. The van der Waals surface area contributed by atoms with Gasteiger partial charge in [0.05, 0.1) is 13.1 Å². The Hall–Kier alpha value is -4.68. The fourth-order valence-electron chi connectivity index (χ4n) is 4.53. The maximum absolute atomic E-state index is 13.3. The number of carbonyl (C=O) groups is 4. The van der Waals surface area contributed by atoms with Crippen LogP contribution in [0.3, 0.4) is 0 Å². The Morgan fingerprint density at radius 3 is 2.57 bits per heavy atom. The number of anilines is 2. The van der Waals surface area contributed by atoms with Crippen molar-refractivity contribution < 1.29 is 38.8 Å². The lowest BCUT2D eigenvalue weighted by atomic mass is 10.0. The summed E-state index contributed by atoms with van der Waals surface area (Å²) in [6, 6.07) is 10.3. The van der Waals surface area contributed by atoms with Crippen LogP contribution >= 0.6 is 34.9 Å². The minimum atomic E-state index is -1.77. The summed E-state index contributed by atoms with van der Waals surface area (Å²) in [6.07, 6.45) is 0. The van der Waals surface area contributed by atoms with E-state index in [0.29, 0.717) is 16.5 Å². The third-order valence-electron chi connectivity index (χ3n) is 7.00. The summed E-state index contributed by atoms with van der Waals surface area (Å²) < 4.78 is 1.87. The van der Waals surface area contributed by atoms with Crippen molar-refractivity contribution in [2.45, 2.75) is 36.0 Å². The van der Waals surface area contributed by atoms with Crippen molar-refractivity contribution in [3.63, 3.8) is 0 Å². The number of benzene rings is 1. The number of rotatable bonds is 11. The van der Waals surface area contributed by atoms with Crippen LogP contribution < -0.4 is 21.4 Å². The first kappa shape index (κ1) is 32.7. The van der Waals surface area contributed by atoms with E-state index in [1.54, 1.807) is 6.07 Å². The Morgan fingerprint density at radius 1 is 1.22 bits per heavy atom. The van der Waals surface area contributed by atoms with Crippen LogP contribution in [-0.4, -0.2) is 83.1 Å². The molecule has 3 aromatic rings. The number of aromatic nitrogens is 3. The fraction of sp³-hybridized carbons (Fsp3) is 0.286. The molecule has 0 spiro atoms. The minimum Gasteiger partial charge on any atom is -0.478 e. The number of carboxylic acids is 2. The molecule has 0 saturated carbocycles. The van der Waals surface area contributed by atoms with Gasteiger partial charge in [-0.2, -0.15) is 0 Å². The Labute approximate surface area is 274 Å². The Bertz CT molecular complexity index is 1790. The Kier molecular flexibility index (Phi) is 9.22. The molecule has 7 N–H and O–H groups in total. The number of hydrogen-bond donors (Lipinski definition) is 5. The molecule has 2 aliphatic heterocycles. The molecule has 4 heterocycles. The van der Waals surface area contributed by atoms with Crippen molar-refractivity contribution in [1.82, 2.24) is 20.2 Å². The summed E-state index contributed by atoms with van der Waals surface area (Å²) in [5.41, 5.74) is 11.8. The number of amides is 2. The lowest BCUT2D eigenvalue weighted by Crippen LogP contribution is -2.71. The lowest BCUT2D eigenvalue weighted by Gasteiger charge is -2.49. The molecule has 0 radical (unpaired) electrons. The fourth-order valence-corrected chi connectivity index (χ4v) is 7.56. The van der Waals surface area contributed by atoms with E-state index in [1.165, 1.54) is 42.8 Å². The summed E-state index contributed by atoms with van der Waals surface area (Å²) in [6.45, 7) is 2.49. The second kappa shape index (κ2) is 13.0. The van der Waals surface area contributed by atoms with Crippen LogP contribution in [0.25, 0.3) is 11.3 Å². The molecule has 2 aliphatic rings. The topological polar surface area (TPSA) is 227 Å². The number of fused-ring (bicyclic) bond motifs is 1. The van der Waals surface area contributed by atoms with Crippen molar-refractivity contribution in [3.05, 3.63) is 58.7 Å². The van der Waals surface area contributed by atoms with Crippen molar-refractivity contribution >= 4 is 75.3 Å². The van der Waals surface area contributed by atoms with Gasteiger partial charge >= 0.3 is 17.1 Å². The quantitative estimate of drug-likeness (QED) is 0.0480. The highest BCUT2D eigenvalue weighted by Crippen LogP contribution is 2.41. The first-order valence-corrected chi connectivity index (χ1v) is 16.5. The number of aliphatic carboxylic acids is 2. The Balaban J connectivity index is 1.34. The molecule has 18 heteroatoms. The number of thioether (sulfide) groups is 2. The molecule has 2 unspecified atom stereocenters. The van der Waals surface area contributed by atoms with Gasteiger partial charge in [0, 0.05) is 22.4 Å². The second-order valence-electron chi connectivity index (χ2n) is 10.6. The predicted molar refractivity (Wildman–Crippen MR) is 172 cm³/mol. The van der Waals surface area contributed by atoms with E-state index < -0.39 is 46.5 Å². The van der Waals surface area contributed by atoms with E-state index >= 15 is 0 Å². The van der Waals surface area contributed by atoms with E-state index in [2.05, 4.69) is 20.4 Å². The number of thiazole rings is 1. The lowest BCUT2D eigenvalue weighted by molar-refractivity contribution is -0.702. The highest BCUT2D eigenvalue weighted by molar-refractivity contribution is 8.01. The van der Waals surface area contributed by atoms with Crippen molar-refractivity contribution in [2.75, 3.05) is 23.0 Å². The number of nitrogens with one attached hydrogen (secondary N) is 1. The number of β-lactam (4-membered cyclic amide) rings is 1. The van der Waals surface area contributed by atoms with Crippen molar-refractivity contribution in [3.8, 4) is 11.3 Å². The average molecular weight is 686 g/mol. The third kappa shape index (κ3) is 6.49. The molecule has 0 aliphatic carbocycles. The molecule has 5 rings (SSSR count). The van der Waals surface area contributed by atoms with Crippen LogP contribution in [0.15, 0.2) is 63.4 Å². The van der Waals surface area contributed by atoms with Crippen LogP contribution in [0.1, 0.15) is 19.5 Å². The van der Waals surface area contributed by atoms with Gasteiger partial charge in [-0.05, 0) is 36.2 Å². The number of oxime groups is 1. The van der Waals surface area contributed by atoms with Crippen LogP contribution in [0.4, 0.5) is 10.9 Å². The van der Waals surface area contributed by atoms with Gasteiger partial charge in [0.2, 0.25) is 11.4 Å². The van der Waals surface area contributed by atoms with Gasteiger partial charge in [-0.1, -0.05) is 35.5 Å². The minimum absolute atomic E-state index is 0.0188. The second-order valence-corrected chi connectivity index (χ2v) is 13.5. The molecule has 1 aromatic carbocycles. The molecular weight excluding hydrogens is 657 g/mol. The maximum Gasteiger partial charge on any atom is 0.362 e. The number of nitrogens with zero attached hydrogens (tertiary/aromatic N) is 5. The highest BCUT2D eigenvalue weighted by atomic mass is 32.2. The molecular formula is C28H29N8O7S3+. The summed E-state index contributed by atoms with van der Waals surface area (Å²) >= 11 is 3.61. The van der Waals surface area contributed by atoms with Crippen LogP contribution in [0, 0.1) is 0 Å². The SMILES string of the molecule is C[n+]1c(-c2ccccc2)cc(N)nc1SCC1=C(C(=O)O)N2C(=O)C(NC(=O)/C(=N\OC(C)(C)C(=O)O)c3csc(N)n3)C2SC1. The van der Waals surface area contributed by atoms with Gasteiger partial charge in [0.15, 0.2) is 10.8 Å². The molecule has 0 bridgehead atoms. The molecule has 1 fully saturated rings. The van der Waals surface area contributed by atoms with Gasteiger partial charge < -0.3 is 31.8 Å².